The highest BCUT2D eigenvalue weighted by Crippen LogP contribution is 2.25. The van der Waals surface area contributed by atoms with Crippen molar-refractivity contribution in [2.75, 3.05) is 30.4 Å². The molecule has 0 saturated carbocycles. The summed E-state index contributed by atoms with van der Waals surface area (Å²) in [6, 6.07) is 7.84. The first-order chi connectivity index (χ1) is 11.7. The molecule has 24 heavy (non-hydrogen) atoms. The lowest BCUT2D eigenvalue weighted by Crippen LogP contribution is -2.35. The van der Waals surface area contributed by atoms with Gasteiger partial charge in [0.1, 0.15) is 18.0 Å². The van der Waals surface area contributed by atoms with E-state index in [-0.39, 0.29) is 12.1 Å². The molecule has 0 spiro atoms. The number of ether oxygens (including phenoxy) is 1. The lowest BCUT2D eigenvalue weighted by molar-refractivity contribution is 0.118. The molecule has 1 fully saturated rings. The fraction of sp³-hybridized carbons (Fsp3) is 0.412. The zero-order valence-corrected chi connectivity index (χ0v) is 13.8. The van der Waals surface area contributed by atoms with Gasteiger partial charge in [0.05, 0.1) is 23.8 Å². The van der Waals surface area contributed by atoms with Crippen molar-refractivity contribution in [1.29, 1.82) is 5.26 Å². The van der Waals surface area contributed by atoms with Gasteiger partial charge in [0.25, 0.3) is 0 Å². The van der Waals surface area contributed by atoms with Crippen LogP contribution in [0, 0.1) is 18.3 Å². The number of hydrogen-bond donors (Lipinski definition) is 1. The summed E-state index contributed by atoms with van der Waals surface area (Å²) in [6.45, 7) is 3.38. The molecule has 0 bridgehead atoms. The minimum absolute atomic E-state index is 0.173. The topological polar surface area (TPSA) is 87.0 Å². The first-order valence-corrected chi connectivity index (χ1v) is 7.87. The van der Waals surface area contributed by atoms with E-state index in [9.17, 15) is 0 Å². The smallest absolute Gasteiger partial charge is 0.132 e. The molecule has 0 aromatic carbocycles. The third kappa shape index (κ3) is 3.60. The number of aryl methyl sites for hydroxylation is 1. The Hall–Kier alpha value is -2.72. The van der Waals surface area contributed by atoms with Crippen molar-refractivity contribution in [3.8, 4) is 6.07 Å². The monoisotopic (exact) mass is 324 g/mol. The lowest BCUT2D eigenvalue weighted by Gasteiger charge is -2.25. The fourth-order valence-electron chi connectivity index (χ4n) is 3.02. The van der Waals surface area contributed by atoms with Gasteiger partial charge in [-0.2, -0.15) is 5.26 Å². The van der Waals surface area contributed by atoms with E-state index in [1.165, 1.54) is 0 Å². The number of rotatable bonds is 5. The van der Waals surface area contributed by atoms with Crippen molar-refractivity contribution in [3.05, 3.63) is 42.0 Å². The average Bonchev–Trinajstić information content (AvgIpc) is 3.03. The van der Waals surface area contributed by atoms with E-state index in [0.717, 1.165) is 30.3 Å². The maximum absolute atomic E-state index is 9.08. The molecule has 7 nitrogen and oxygen atoms in total. The van der Waals surface area contributed by atoms with E-state index in [0.29, 0.717) is 12.1 Å². The summed E-state index contributed by atoms with van der Waals surface area (Å²) in [5.41, 5.74) is 1.43. The van der Waals surface area contributed by atoms with Gasteiger partial charge in [0.15, 0.2) is 0 Å². The van der Waals surface area contributed by atoms with Gasteiger partial charge in [0, 0.05) is 32.1 Å². The van der Waals surface area contributed by atoms with Gasteiger partial charge in [-0.05, 0) is 31.5 Å². The first-order valence-electron chi connectivity index (χ1n) is 7.87. The van der Waals surface area contributed by atoms with Crippen LogP contribution in [0.5, 0.6) is 0 Å². The molecule has 124 valence electrons. The maximum Gasteiger partial charge on any atom is 0.132 e. The number of nitriles is 1. The molecule has 0 aliphatic carbocycles. The predicted octanol–water partition coefficient (Wildman–Crippen LogP) is 1.76. The number of nitrogens with one attached hydrogen (secondary N) is 1. The fourth-order valence-corrected chi connectivity index (χ4v) is 3.02. The van der Waals surface area contributed by atoms with Crippen LogP contribution in [-0.2, 0) is 4.74 Å². The van der Waals surface area contributed by atoms with E-state index < -0.39 is 0 Å². The Morgan fingerprint density at radius 2 is 2.33 bits per heavy atom. The molecule has 7 heteroatoms. The summed E-state index contributed by atoms with van der Waals surface area (Å²) in [6.07, 6.45) is 4.38. The van der Waals surface area contributed by atoms with E-state index in [4.69, 9.17) is 10.00 Å². The molecule has 1 N–H and O–H groups in total. The van der Waals surface area contributed by atoms with E-state index >= 15 is 0 Å². The van der Waals surface area contributed by atoms with Gasteiger partial charge < -0.3 is 15.0 Å². The molecular weight excluding hydrogens is 304 g/mol. The van der Waals surface area contributed by atoms with E-state index in [2.05, 4.69) is 31.2 Å². The molecule has 3 heterocycles. The second kappa shape index (κ2) is 7.23. The number of hydrogen-bond acceptors (Lipinski definition) is 7. The summed E-state index contributed by atoms with van der Waals surface area (Å²) in [5.74, 6) is 1.61. The van der Waals surface area contributed by atoms with Crippen molar-refractivity contribution in [3.63, 3.8) is 0 Å². The zero-order chi connectivity index (χ0) is 16.9. The van der Waals surface area contributed by atoms with Gasteiger partial charge in [-0.15, -0.1) is 0 Å². The Labute approximate surface area is 141 Å². The van der Waals surface area contributed by atoms with E-state index in [1.807, 2.05) is 13.0 Å². The summed E-state index contributed by atoms with van der Waals surface area (Å²) in [5, 5.41) is 12.4. The second-order valence-electron chi connectivity index (χ2n) is 5.84. The van der Waals surface area contributed by atoms with Crippen LogP contribution in [0.3, 0.4) is 0 Å². The standard InChI is InChI=1S/C17H20N6O/c1-12-5-13(8-18)6-16(22-12)20-9-14-7-15(24-2)10-23(14)17-3-4-19-11-21-17/h3-6,11,14-15H,7,9-10H2,1-2H3,(H,20,22)/t14-,15-/m1/s1. The van der Waals surface area contributed by atoms with Crippen LogP contribution in [0.4, 0.5) is 11.6 Å². The second-order valence-corrected chi connectivity index (χ2v) is 5.84. The Kier molecular flexibility index (Phi) is 4.87. The largest absolute Gasteiger partial charge is 0.380 e. The SMILES string of the molecule is CO[C@@H]1C[C@H](CNc2cc(C#N)cc(C)n2)N(c2ccncn2)C1. The van der Waals surface area contributed by atoms with Crippen molar-refractivity contribution >= 4 is 11.6 Å². The summed E-state index contributed by atoms with van der Waals surface area (Å²) in [7, 11) is 1.74. The van der Waals surface area contributed by atoms with Crippen molar-refractivity contribution in [2.45, 2.75) is 25.5 Å². The normalized spacial score (nSPS) is 20.0. The Balaban J connectivity index is 1.73. The molecule has 2 aromatic rings. The molecule has 0 amide bonds. The third-order valence-electron chi connectivity index (χ3n) is 4.17. The summed E-state index contributed by atoms with van der Waals surface area (Å²) < 4.78 is 5.53. The molecule has 1 saturated heterocycles. The summed E-state index contributed by atoms with van der Waals surface area (Å²) >= 11 is 0. The quantitative estimate of drug-likeness (QED) is 0.896. The Morgan fingerprint density at radius 3 is 3.04 bits per heavy atom. The average molecular weight is 324 g/mol. The van der Waals surface area contributed by atoms with Gasteiger partial charge in [-0.25, -0.2) is 15.0 Å². The highest BCUT2D eigenvalue weighted by Gasteiger charge is 2.32. The molecule has 0 radical (unpaired) electrons. The molecule has 1 aliphatic rings. The van der Waals surface area contributed by atoms with Gasteiger partial charge >= 0.3 is 0 Å². The van der Waals surface area contributed by atoms with Crippen molar-refractivity contribution < 1.29 is 4.74 Å². The molecule has 2 aromatic heterocycles. The van der Waals surface area contributed by atoms with Crippen molar-refractivity contribution in [2.24, 2.45) is 0 Å². The van der Waals surface area contributed by atoms with Crippen LogP contribution in [-0.4, -0.2) is 47.3 Å². The van der Waals surface area contributed by atoms with E-state index in [1.54, 1.807) is 31.8 Å². The van der Waals surface area contributed by atoms with Gasteiger partial charge in [-0.1, -0.05) is 0 Å². The molecular formula is C17H20N6O. The molecule has 0 unspecified atom stereocenters. The Bertz CT molecular complexity index is 730. The van der Waals surface area contributed by atoms with Crippen LogP contribution >= 0.6 is 0 Å². The molecule has 2 atom stereocenters. The van der Waals surface area contributed by atoms with Crippen LogP contribution < -0.4 is 10.2 Å². The molecule has 3 rings (SSSR count). The lowest BCUT2D eigenvalue weighted by atomic mass is 10.2. The number of aromatic nitrogens is 3. The van der Waals surface area contributed by atoms with Gasteiger partial charge in [-0.3, -0.25) is 0 Å². The minimum atomic E-state index is 0.173. The van der Waals surface area contributed by atoms with Crippen molar-refractivity contribution in [1.82, 2.24) is 15.0 Å². The highest BCUT2D eigenvalue weighted by molar-refractivity contribution is 5.46. The number of pyridine rings is 1. The van der Waals surface area contributed by atoms with Crippen LogP contribution in [0.15, 0.2) is 30.7 Å². The third-order valence-corrected chi connectivity index (χ3v) is 4.17. The number of methoxy groups -OCH3 is 1. The van der Waals surface area contributed by atoms with Crippen LogP contribution in [0.1, 0.15) is 17.7 Å². The Morgan fingerprint density at radius 1 is 1.46 bits per heavy atom. The van der Waals surface area contributed by atoms with Crippen LogP contribution in [0.25, 0.3) is 0 Å². The highest BCUT2D eigenvalue weighted by atomic mass is 16.5. The minimum Gasteiger partial charge on any atom is -0.380 e. The maximum atomic E-state index is 9.08. The van der Waals surface area contributed by atoms with Gasteiger partial charge in [0.2, 0.25) is 0 Å². The summed E-state index contributed by atoms with van der Waals surface area (Å²) in [4.78, 5) is 15.0. The number of anilines is 2. The first kappa shape index (κ1) is 16.1. The predicted molar refractivity (Wildman–Crippen MR) is 90.8 cm³/mol. The van der Waals surface area contributed by atoms with Crippen LogP contribution in [0.2, 0.25) is 0 Å². The molecule has 1 aliphatic heterocycles. The number of nitrogens with zero attached hydrogens (tertiary/aromatic N) is 5. The zero-order valence-electron chi connectivity index (χ0n) is 13.8.